The SMILES string of the molecule is CCNc1nc(SCC(C)CO)nc(N(C)C)n1. The second-order valence-corrected chi connectivity index (χ2v) is 5.25. The Hall–Kier alpha value is -1.08. The zero-order valence-corrected chi connectivity index (χ0v) is 12.2. The topological polar surface area (TPSA) is 74.2 Å². The van der Waals surface area contributed by atoms with E-state index in [2.05, 4.69) is 20.3 Å². The van der Waals surface area contributed by atoms with Crippen molar-refractivity contribution < 1.29 is 5.11 Å². The lowest BCUT2D eigenvalue weighted by Gasteiger charge is -2.13. The van der Waals surface area contributed by atoms with Crippen molar-refractivity contribution in [2.45, 2.75) is 19.0 Å². The number of anilines is 2. The number of aromatic nitrogens is 3. The molecule has 0 aliphatic carbocycles. The Bertz CT molecular complexity index is 374. The van der Waals surface area contributed by atoms with Gasteiger partial charge in [0.25, 0.3) is 0 Å². The summed E-state index contributed by atoms with van der Waals surface area (Å²) in [5.41, 5.74) is 0. The van der Waals surface area contributed by atoms with Crippen molar-refractivity contribution in [1.29, 1.82) is 0 Å². The first-order valence-electron chi connectivity index (χ1n) is 5.97. The minimum Gasteiger partial charge on any atom is -0.396 e. The average Bonchev–Trinajstić information content (AvgIpc) is 2.36. The number of aliphatic hydroxyl groups excluding tert-OH is 1. The van der Waals surface area contributed by atoms with Crippen LogP contribution < -0.4 is 10.2 Å². The average molecular weight is 271 g/mol. The smallest absolute Gasteiger partial charge is 0.230 e. The minimum atomic E-state index is 0.179. The van der Waals surface area contributed by atoms with Crippen molar-refractivity contribution in [2.24, 2.45) is 5.92 Å². The molecule has 0 fully saturated rings. The maximum atomic E-state index is 9.01. The number of aliphatic hydroxyl groups is 1. The molecule has 0 aliphatic heterocycles. The molecule has 18 heavy (non-hydrogen) atoms. The van der Waals surface area contributed by atoms with Gasteiger partial charge in [-0.2, -0.15) is 15.0 Å². The van der Waals surface area contributed by atoms with Crippen LogP contribution in [-0.2, 0) is 0 Å². The fourth-order valence-electron chi connectivity index (χ4n) is 1.12. The number of rotatable bonds is 7. The fraction of sp³-hybridized carbons (Fsp3) is 0.727. The number of nitrogens with zero attached hydrogens (tertiary/aromatic N) is 4. The molecular formula is C11H21N5OS. The van der Waals surface area contributed by atoms with Gasteiger partial charge < -0.3 is 15.3 Å². The molecule has 1 rings (SSSR count). The van der Waals surface area contributed by atoms with Crippen molar-refractivity contribution >= 4 is 23.7 Å². The zero-order chi connectivity index (χ0) is 13.5. The lowest BCUT2D eigenvalue weighted by molar-refractivity contribution is 0.250. The standard InChI is InChI=1S/C11H21N5OS/c1-5-12-9-13-10(16(3)4)15-11(14-9)18-7-8(2)6-17/h8,17H,5-7H2,1-4H3,(H,12,13,14,15). The van der Waals surface area contributed by atoms with E-state index in [9.17, 15) is 0 Å². The van der Waals surface area contributed by atoms with Crippen LogP contribution in [0, 0.1) is 5.92 Å². The van der Waals surface area contributed by atoms with Crippen molar-refractivity contribution in [2.75, 3.05) is 43.2 Å². The van der Waals surface area contributed by atoms with Crippen molar-refractivity contribution in [3.8, 4) is 0 Å². The summed E-state index contributed by atoms with van der Waals surface area (Å²) in [6.07, 6.45) is 0. The number of nitrogens with one attached hydrogen (secondary N) is 1. The molecule has 0 aliphatic rings. The summed E-state index contributed by atoms with van der Waals surface area (Å²) >= 11 is 1.54. The van der Waals surface area contributed by atoms with Gasteiger partial charge in [0.2, 0.25) is 11.9 Å². The quantitative estimate of drug-likeness (QED) is 0.719. The molecule has 0 saturated carbocycles. The van der Waals surface area contributed by atoms with Gasteiger partial charge in [-0.15, -0.1) is 0 Å². The van der Waals surface area contributed by atoms with E-state index >= 15 is 0 Å². The van der Waals surface area contributed by atoms with Crippen LogP contribution in [-0.4, -0.2) is 53.1 Å². The highest BCUT2D eigenvalue weighted by molar-refractivity contribution is 7.99. The molecule has 0 bridgehead atoms. The third-order valence-electron chi connectivity index (χ3n) is 2.15. The Morgan fingerprint density at radius 1 is 1.33 bits per heavy atom. The highest BCUT2D eigenvalue weighted by atomic mass is 32.2. The minimum absolute atomic E-state index is 0.179. The molecule has 2 N–H and O–H groups in total. The van der Waals surface area contributed by atoms with Gasteiger partial charge >= 0.3 is 0 Å². The van der Waals surface area contributed by atoms with Crippen LogP contribution in [0.25, 0.3) is 0 Å². The van der Waals surface area contributed by atoms with Crippen LogP contribution in [0.1, 0.15) is 13.8 Å². The molecule has 1 aromatic heterocycles. The van der Waals surface area contributed by atoms with Gasteiger partial charge in [0.15, 0.2) is 5.16 Å². The lowest BCUT2D eigenvalue weighted by Crippen LogP contribution is -2.16. The van der Waals surface area contributed by atoms with E-state index in [4.69, 9.17) is 5.11 Å². The van der Waals surface area contributed by atoms with Crippen molar-refractivity contribution in [3.63, 3.8) is 0 Å². The van der Waals surface area contributed by atoms with Crippen LogP contribution in [0.15, 0.2) is 5.16 Å². The van der Waals surface area contributed by atoms with Crippen molar-refractivity contribution in [1.82, 2.24) is 15.0 Å². The van der Waals surface area contributed by atoms with Crippen molar-refractivity contribution in [3.05, 3.63) is 0 Å². The first-order valence-corrected chi connectivity index (χ1v) is 6.96. The molecule has 6 nitrogen and oxygen atoms in total. The molecule has 1 unspecified atom stereocenters. The van der Waals surface area contributed by atoms with Gasteiger partial charge in [-0.1, -0.05) is 18.7 Å². The molecule has 0 saturated heterocycles. The Kier molecular flexibility index (Phi) is 6.14. The molecule has 0 spiro atoms. The van der Waals surface area contributed by atoms with E-state index < -0.39 is 0 Å². The van der Waals surface area contributed by atoms with E-state index in [-0.39, 0.29) is 12.5 Å². The predicted octanol–water partition coefficient (Wildman–Crippen LogP) is 1.09. The van der Waals surface area contributed by atoms with Gasteiger partial charge in [-0.3, -0.25) is 0 Å². The maximum Gasteiger partial charge on any atom is 0.230 e. The molecule has 7 heteroatoms. The second kappa shape index (κ2) is 7.38. The van der Waals surface area contributed by atoms with Gasteiger partial charge in [-0.05, 0) is 12.8 Å². The summed E-state index contributed by atoms with van der Waals surface area (Å²) in [4.78, 5) is 14.8. The van der Waals surface area contributed by atoms with Gasteiger partial charge in [0.05, 0.1) is 0 Å². The van der Waals surface area contributed by atoms with Crippen LogP contribution >= 0.6 is 11.8 Å². The number of hydrogen-bond acceptors (Lipinski definition) is 7. The van der Waals surface area contributed by atoms with Crippen LogP contribution in [0.4, 0.5) is 11.9 Å². The summed E-state index contributed by atoms with van der Waals surface area (Å²) < 4.78 is 0. The summed E-state index contributed by atoms with van der Waals surface area (Å²) in [7, 11) is 3.80. The number of thioether (sulfide) groups is 1. The summed E-state index contributed by atoms with van der Waals surface area (Å²) in [5.74, 6) is 2.26. The summed E-state index contributed by atoms with van der Waals surface area (Å²) in [6.45, 7) is 4.94. The van der Waals surface area contributed by atoms with Gasteiger partial charge in [-0.25, -0.2) is 0 Å². The first-order chi connectivity index (χ1) is 8.56. The van der Waals surface area contributed by atoms with E-state index in [0.29, 0.717) is 17.1 Å². The maximum absolute atomic E-state index is 9.01. The van der Waals surface area contributed by atoms with Crippen LogP contribution in [0.2, 0.25) is 0 Å². The molecule has 1 heterocycles. The monoisotopic (exact) mass is 271 g/mol. The molecule has 0 aromatic carbocycles. The summed E-state index contributed by atoms with van der Waals surface area (Å²) in [6, 6.07) is 0. The predicted molar refractivity (Wildman–Crippen MR) is 75.3 cm³/mol. The van der Waals surface area contributed by atoms with Crippen LogP contribution in [0.3, 0.4) is 0 Å². The first kappa shape index (κ1) is 15.0. The normalized spacial score (nSPS) is 12.3. The highest BCUT2D eigenvalue weighted by Gasteiger charge is 2.09. The Morgan fingerprint density at radius 2 is 2.06 bits per heavy atom. The van der Waals surface area contributed by atoms with E-state index in [0.717, 1.165) is 12.3 Å². The van der Waals surface area contributed by atoms with Crippen LogP contribution in [0.5, 0.6) is 0 Å². The van der Waals surface area contributed by atoms with Gasteiger partial charge in [0.1, 0.15) is 0 Å². The summed E-state index contributed by atoms with van der Waals surface area (Å²) in [5, 5.41) is 12.8. The molecule has 102 valence electrons. The molecule has 1 atom stereocenters. The number of hydrogen-bond donors (Lipinski definition) is 2. The Morgan fingerprint density at radius 3 is 2.61 bits per heavy atom. The third kappa shape index (κ3) is 4.66. The highest BCUT2D eigenvalue weighted by Crippen LogP contribution is 2.19. The molecular weight excluding hydrogens is 250 g/mol. The van der Waals surface area contributed by atoms with Gasteiger partial charge in [0, 0.05) is 33.0 Å². The molecule has 0 amide bonds. The molecule has 0 radical (unpaired) electrons. The molecule has 1 aromatic rings. The second-order valence-electron chi connectivity index (χ2n) is 4.27. The fourth-order valence-corrected chi connectivity index (χ4v) is 1.95. The largest absolute Gasteiger partial charge is 0.396 e. The van der Waals surface area contributed by atoms with E-state index in [1.165, 1.54) is 11.8 Å². The van der Waals surface area contributed by atoms with E-state index in [1.807, 2.05) is 32.8 Å². The Labute approximate surface area is 112 Å². The lowest BCUT2D eigenvalue weighted by atomic mass is 10.2. The third-order valence-corrected chi connectivity index (χ3v) is 3.32. The Balaban J connectivity index is 2.82. The zero-order valence-electron chi connectivity index (χ0n) is 11.3. The van der Waals surface area contributed by atoms with E-state index in [1.54, 1.807) is 0 Å².